The van der Waals surface area contributed by atoms with Crippen molar-refractivity contribution in [3.63, 3.8) is 0 Å². The number of benzene rings is 1. The molecule has 0 aromatic heterocycles. The van der Waals surface area contributed by atoms with Crippen molar-refractivity contribution in [3.8, 4) is 0 Å². The normalized spacial score (nSPS) is 29.3. The van der Waals surface area contributed by atoms with Crippen LogP contribution in [-0.4, -0.2) is 41.9 Å². The molecule has 1 heterocycles. The van der Waals surface area contributed by atoms with Gasteiger partial charge in [0.1, 0.15) is 0 Å². The smallest absolute Gasteiger partial charge is 0.251 e. The van der Waals surface area contributed by atoms with Crippen molar-refractivity contribution in [2.45, 2.75) is 44.7 Å². The van der Waals surface area contributed by atoms with E-state index >= 15 is 0 Å². The van der Waals surface area contributed by atoms with E-state index in [0.717, 1.165) is 32.0 Å². The summed E-state index contributed by atoms with van der Waals surface area (Å²) in [5.41, 5.74) is 1.32. The average Bonchev–Trinajstić information content (AvgIpc) is 3.48. The molecule has 5 nitrogen and oxygen atoms in total. The van der Waals surface area contributed by atoms with Gasteiger partial charge in [0.15, 0.2) is 0 Å². The fraction of sp³-hybridized carbons (Fsp3) is 0.579. The second kappa shape index (κ2) is 6.20. The highest BCUT2D eigenvalue weighted by molar-refractivity contribution is 5.98. The predicted octanol–water partition coefficient (Wildman–Crippen LogP) is 2.25. The van der Waals surface area contributed by atoms with Crippen molar-refractivity contribution in [1.82, 2.24) is 10.2 Å². The molecular weight excluding hydrogens is 302 g/mol. The van der Waals surface area contributed by atoms with Crippen molar-refractivity contribution < 1.29 is 9.59 Å². The number of nitrogens with one attached hydrogen (secondary N) is 2. The number of nitrogens with zero attached hydrogens (tertiary/aromatic N) is 1. The molecule has 2 N–H and O–H groups in total. The van der Waals surface area contributed by atoms with Crippen LogP contribution >= 0.6 is 0 Å². The number of hydrogen-bond donors (Lipinski definition) is 2. The Morgan fingerprint density at radius 3 is 2.71 bits per heavy atom. The molecule has 2 aliphatic carbocycles. The Morgan fingerprint density at radius 2 is 2.00 bits per heavy atom. The largest absolute Gasteiger partial charge is 0.348 e. The zero-order valence-corrected chi connectivity index (χ0v) is 14.1. The molecule has 3 fully saturated rings. The third-order valence-electron chi connectivity index (χ3n) is 5.46. The standard InChI is InChI=1S/C19H25N3O2/c1-12-9-17(12)19(24)20-14-4-2-3-13(10-14)18(23)21-15-7-8-22(11-15)16-5-6-16/h2-4,10,12,15-17H,5-9,11H2,1H3,(H,20,24)(H,21,23). The highest BCUT2D eigenvalue weighted by atomic mass is 16.2. The van der Waals surface area contributed by atoms with Crippen molar-refractivity contribution in [3.05, 3.63) is 29.8 Å². The quantitative estimate of drug-likeness (QED) is 0.872. The Bertz CT molecular complexity index is 656. The summed E-state index contributed by atoms with van der Waals surface area (Å²) in [5.74, 6) is 0.632. The van der Waals surface area contributed by atoms with Gasteiger partial charge in [0.2, 0.25) is 5.91 Å². The zero-order valence-electron chi connectivity index (χ0n) is 14.1. The molecule has 1 aromatic rings. The van der Waals surface area contributed by atoms with Gasteiger partial charge in [0.05, 0.1) is 0 Å². The van der Waals surface area contributed by atoms with Crippen LogP contribution in [0.4, 0.5) is 5.69 Å². The maximum Gasteiger partial charge on any atom is 0.251 e. The number of carbonyl (C=O) groups excluding carboxylic acids is 2. The molecule has 3 aliphatic rings. The van der Waals surface area contributed by atoms with Gasteiger partial charge in [-0.1, -0.05) is 13.0 Å². The minimum atomic E-state index is -0.0477. The van der Waals surface area contributed by atoms with Gasteiger partial charge in [0.25, 0.3) is 5.91 Å². The summed E-state index contributed by atoms with van der Waals surface area (Å²) in [6.07, 6.45) is 4.60. The first kappa shape index (κ1) is 15.6. The van der Waals surface area contributed by atoms with E-state index in [9.17, 15) is 9.59 Å². The summed E-state index contributed by atoms with van der Waals surface area (Å²) < 4.78 is 0. The molecule has 24 heavy (non-hydrogen) atoms. The highest BCUT2D eigenvalue weighted by Gasteiger charge is 2.39. The second-order valence-corrected chi connectivity index (χ2v) is 7.57. The molecule has 3 unspecified atom stereocenters. The van der Waals surface area contributed by atoms with Crippen LogP contribution in [0.2, 0.25) is 0 Å². The number of carbonyl (C=O) groups is 2. The van der Waals surface area contributed by atoms with Gasteiger partial charge in [-0.05, 0) is 49.8 Å². The number of anilines is 1. The molecule has 4 rings (SSSR count). The van der Waals surface area contributed by atoms with Gasteiger partial charge in [-0.15, -0.1) is 0 Å². The lowest BCUT2D eigenvalue weighted by atomic mass is 10.1. The lowest BCUT2D eigenvalue weighted by Gasteiger charge is -2.16. The van der Waals surface area contributed by atoms with Crippen LogP contribution in [0.15, 0.2) is 24.3 Å². The molecule has 128 valence electrons. The van der Waals surface area contributed by atoms with Crippen LogP contribution in [0, 0.1) is 11.8 Å². The van der Waals surface area contributed by atoms with E-state index in [1.165, 1.54) is 12.8 Å². The van der Waals surface area contributed by atoms with E-state index in [-0.39, 0.29) is 23.8 Å². The molecule has 1 aliphatic heterocycles. The molecule has 5 heteroatoms. The molecule has 0 spiro atoms. The Kier molecular flexibility index (Phi) is 4.04. The van der Waals surface area contributed by atoms with Crippen molar-refractivity contribution in [1.29, 1.82) is 0 Å². The highest BCUT2D eigenvalue weighted by Crippen LogP contribution is 2.38. The van der Waals surface area contributed by atoms with E-state index in [0.29, 0.717) is 17.2 Å². The van der Waals surface area contributed by atoms with Crippen molar-refractivity contribution in [2.75, 3.05) is 18.4 Å². The number of likely N-dealkylation sites (tertiary alicyclic amines) is 1. The predicted molar refractivity (Wildman–Crippen MR) is 92.8 cm³/mol. The minimum Gasteiger partial charge on any atom is -0.348 e. The molecule has 1 saturated heterocycles. The van der Waals surface area contributed by atoms with E-state index in [4.69, 9.17) is 0 Å². The lowest BCUT2D eigenvalue weighted by molar-refractivity contribution is -0.117. The molecule has 0 radical (unpaired) electrons. The molecule has 2 saturated carbocycles. The maximum atomic E-state index is 12.5. The monoisotopic (exact) mass is 327 g/mol. The van der Waals surface area contributed by atoms with E-state index < -0.39 is 0 Å². The molecule has 1 aromatic carbocycles. The number of rotatable bonds is 5. The van der Waals surface area contributed by atoms with Crippen molar-refractivity contribution >= 4 is 17.5 Å². The average molecular weight is 327 g/mol. The molecular formula is C19H25N3O2. The van der Waals surface area contributed by atoms with Crippen LogP contribution in [0.3, 0.4) is 0 Å². The fourth-order valence-corrected chi connectivity index (χ4v) is 3.61. The Hall–Kier alpha value is -1.88. The van der Waals surface area contributed by atoms with Gasteiger partial charge in [0, 0.05) is 42.3 Å². The third kappa shape index (κ3) is 3.46. The van der Waals surface area contributed by atoms with Crippen LogP contribution in [0.25, 0.3) is 0 Å². The van der Waals surface area contributed by atoms with Gasteiger partial charge >= 0.3 is 0 Å². The Labute approximate surface area is 142 Å². The van der Waals surface area contributed by atoms with Gasteiger partial charge in [-0.25, -0.2) is 0 Å². The first-order valence-corrected chi connectivity index (χ1v) is 9.06. The van der Waals surface area contributed by atoms with Gasteiger partial charge in [-0.3, -0.25) is 14.5 Å². The zero-order chi connectivity index (χ0) is 16.7. The summed E-state index contributed by atoms with van der Waals surface area (Å²) in [7, 11) is 0. The van der Waals surface area contributed by atoms with Crippen molar-refractivity contribution in [2.24, 2.45) is 11.8 Å². The summed E-state index contributed by atoms with van der Waals surface area (Å²) >= 11 is 0. The Balaban J connectivity index is 1.34. The summed E-state index contributed by atoms with van der Waals surface area (Å²) in [5, 5.41) is 6.06. The van der Waals surface area contributed by atoms with Gasteiger partial charge in [-0.2, -0.15) is 0 Å². The fourth-order valence-electron chi connectivity index (χ4n) is 3.61. The lowest BCUT2D eigenvalue weighted by Crippen LogP contribution is -2.37. The first-order valence-electron chi connectivity index (χ1n) is 9.06. The van der Waals surface area contributed by atoms with Crippen LogP contribution in [0.1, 0.15) is 43.0 Å². The third-order valence-corrected chi connectivity index (χ3v) is 5.46. The van der Waals surface area contributed by atoms with Crippen LogP contribution in [0.5, 0.6) is 0 Å². The second-order valence-electron chi connectivity index (χ2n) is 7.57. The maximum absolute atomic E-state index is 12.5. The van der Waals surface area contributed by atoms with Crippen LogP contribution in [-0.2, 0) is 4.79 Å². The summed E-state index contributed by atoms with van der Waals surface area (Å²) in [6.45, 7) is 4.14. The Morgan fingerprint density at radius 1 is 1.21 bits per heavy atom. The van der Waals surface area contributed by atoms with Gasteiger partial charge < -0.3 is 10.6 Å². The van der Waals surface area contributed by atoms with E-state index in [1.807, 2.05) is 12.1 Å². The number of amides is 2. The first-order chi connectivity index (χ1) is 11.6. The van der Waals surface area contributed by atoms with E-state index in [1.54, 1.807) is 12.1 Å². The summed E-state index contributed by atoms with van der Waals surface area (Å²) in [6, 6.07) is 8.24. The molecule has 2 amide bonds. The van der Waals surface area contributed by atoms with E-state index in [2.05, 4.69) is 22.5 Å². The molecule has 0 bridgehead atoms. The molecule has 3 atom stereocenters. The SMILES string of the molecule is CC1CC1C(=O)Nc1cccc(C(=O)NC2CCN(C3CC3)C2)c1. The number of hydrogen-bond acceptors (Lipinski definition) is 3. The summed E-state index contributed by atoms with van der Waals surface area (Å²) in [4.78, 5) is 27.0. The topological polar surface area (TPSA) is 61.4 Å². The minimum absolute atomic E-state index is 0.0477. The van der Waals surface area contributed by atoms with Crippen LogP contribution < -0.4 is 10.6 Å².